The number of aryl methyl sites for hydroxylation is 1. The lowest BCUT2D eigenvalue weighted by atomic mass is 10.2. The van der Waals surface area contributed by atoms with E-state index in [0.717, 1.165) is 24.6 Å². The van der Waals surface area contributed by atoms with Crippen LogP contribution in [0.5, 0.6) is 0 Å². The summed E-state index contributed by atoms with van der Waals surface area (Å²) in [6.45, 7) is 6.62. The van der Waals surface area contributed by atoms with Gasteiger partial charge in [-0.05, 0) is 32.4 Å². The normalized spacial score (nSPS) is 16.8. The maximum absolute atomic E-state index is 5.85. The summed E-state index contributed by atoms with van der Waals surface area (Å²) in [5, 5.41) is 3.32. The molecule has 0 aliphatic heterocycles. The molecule has 1 aliphatic carbocycles. The van der Waals surface area contributed by atoms with Crippen LogP contribution in [0.15, 0.2) is 10.5 Å². The topological polar surface area (TPSA) is 34.4 Å². The predicted molar refractivity (Wildman–Crippen MR) is 67.9 cm³/mol. The van der Waals surface area contributed by atoms with Gasteiger partial charge in [0.05, 0.1) is 6.10 Å². The average molecular weight is 237 g/mol. The molecule has 1 fully saturated rings. The number of rotatable bonds is 6. The van der Waals surface area contributed by atoms with Crippen LogP contribution in [0.2, 0.25) is 0 Å². The molecule has 1 aliphatic rings. The molecule has 1 aromatic rings. The molecule has 3 nitrogen and oxygen atoms in total. The van der Waals surface area contributed by atoms with E-state index in [2.05, 4.69) is 18.3 Å². The first-order chi connectivity index (χ1) is 8.29. The molecular weight excluding hydrogens is 214 g/mol. The van der Waals surface area contributed by atoms with Crippen LogP contribution in [-0.4, -0.2) is 12.6 Å². The molecule has 1 heterocycles. The van der Waals surface area contributed by atoms with Crippen molar-refractivity contribution in [1.29, 1.82) is 0 Å². The summed E-state index contributed by atoms with van der Waals surface area (Å²) in [4.78, 5) is 0. The van der Waals surface area contributed by atoms with Gasteiger partial charge in [0.25, 0.3) is 0 Å². The molecule has 2 rings (SSSR count). The highest BCUT2D eigenvalue weighted by Gasteiger charge is 2.16. The quantitative estimate of drug-likeness (QED) is 0.825. The Kier molecular flexibility index (Phi) is 4.63. The Bertz CT molecular complexity index is 340. The standard InChI is InChI=1S/C14H23NO2/c1-3-15-9-12-8-14(17-11(12)2)10-16-13-6-4-5-7-13/h8,13,15H,3-7,9-10H2,1-2H3. The van der Waals surface area contributed by atoms with Crippen molar-refractivity contribution in [3.05, 3.63) is 23.2 Å². The van der Waals surface area contributed by atoms with Gasteiger partial charge in [-0.3, -0.25) is 0 Å². The predicted octanol–water partition coefficient (Wildman–Crippen LogP) is 3.16. The Balaban J connectivity index is 1.83. The Morgan fingerprint density at radius 2 is 2.18 bits per heavy atom. The van der Waals surface area contributed by atoms with Crippen molar-refractivity contribution < 1.29 is 9.15 Å². The van der Waals surface area contributed by atoms with Gasteiger partial charge in [-0.2, -0.15) is 0 Å². The molecular formula is C14H23NO2. The minimum atomic E-state index is 0.456. The fourth-order valence-corrected chi connectivity index (χ4v) is 2.35. The van der Waals surface area contributed by atoms with E-state index in [-0.39, 0.29) is 0 Å². The van der Waals surface area contributed by atoms with Crippen molar-refractivity contribution in [3.63, 3.8) is 0 Å². The lowest BCUT2D eigenvalue weighted by molar-refractivity contribution is 0.0354. The van der Waals surface area contributed by atoms with Gasteiger partial charge >= 0.3 is 0 Å². The van der Waals surface area contributed by atoms with Crippen molar-refractivity contribution in [2.75, 3.05) is 6.54 Å². The highest BCUT2D eigenvalue weighted by molar-refractivity contribution is 5.20. The van der Waals surface area contributed by atoms with Crippen LogP contribution in [0.25, 0.3) is 0 Å². The number of hydrogen-bond donors (Lipinski definition) is 1. The van der Waals surface area contributed by atoms with E-state index in [0.29, 0.717) is 12.7 Å². The Labute approximate surface area is 104 Å². The Hall–Kier alpha value is -0.800. The lowest BCUT2D eigenvalue weighted by Gasteiger charge is -2.08. The minimum Gasteiger partial charge on any atom is -0.464 e. The molecule has 0 atom stereocenters. The van der Waals surface area contributed by atoms with Crippen LogP contribution < -0.4 is 5.32 Å². The SMILES string of the molecule is CCNCc1cc(COC2CCCC2)oc1C. The minimum absolute atomic E-state index is 0.456. The van der Waals surface area contributed by atoms with Gasteiger partial charge in [0.15, 0.2) is 0 Å². The maximum atomic E-state index is 5.85. The zero-order chi connectivity index (χ0) is 12.1. The number of nitrogens with one attached hydrogen (secondary N) is 1. The van der Waals surface area contributed by atoms with E-state index < -0.39 is 0 Å². The van der Waals surface area contributed by atoms with Crippen LogP contribution in [0, 0.1) is 6.92 Å². The summed E-state index contributed by atoms with van der Waals surface area (Å²) < 4.78 is 11.6. The first kappa shape index (κ1) is 12.7. The molecule has 0 unspecified atom stereocenters. The maximum Gasteiger partial charge on any atom is 0.130 e. The Morgan fingerprint density at radius 1 is 1.41 bits per heavy atom. The van der Waals surface area contributed by atoms with Crippen LogP contribution in [0.1, 0.15) is 49.7 Å². The van der Waals surface area contributed by atoms with Crippen molar-refractivity contribution in [1.82, 2.24) is 5.32 Å². The van der Waals surface area contributed by atoms with Crippen molar-refractivity contribution in [3.8, 4) is 0 Å². The van der Waals surface area contributed by atoms with Gasteiger partial charge in [-0.15, -0.1) is 0 Å². The second-order valence-electron chi connectivity index (χ2n) is 4.79. The fourth-order valence-electron chi connectivity index (χ4n) is 2.35. The number of hydrogen-bond acceptors (Lipinski definition) is 3. The summed E-state index contributed by atoms with van der Waals surface area (Å²) in [6, 6.07) is 2.12. The van der Waals surface area contributed by atoms with Crippen LogP contribution in [0.4, 0.5) is 0 Å². The zero-order valence-electron chi connectivity index (χ0n) is 10.9. The lowest BCUT2D eigenvalue weighted by Crippen LogP contribution is -2.11. The zero-order valence-corrected chi connectivity index (χ0v) is 10.9. The molecule has 1 saturated carbocycles. The highest BCUT2D eigenvalue weighted by atomic mass is 16.5. The number of furan rings is 1. The van der Waals surface area contributed by atoms with Crippen LogP contribution >= 0.6 is 0 Å². The summed E-state index contributed by atoms with van der Waals surface area (Å²) in [5.41, 5.74) is 1.25. The third-order valence-corrected chi connectivity index (χ3v) is 3.40. The molecule has 1 N–H and O–H groups in total. The van der Waals surface area contributed by atoms with Gasteiger partial charge in [0.2, 0.25) is 0 Å². The van der Waals surface area contributed by atoms with Gasteiger partial charge in [-0.1, -0.05) is 19.8 Å². The molecule has 17 heavy (non-hydrogen) atoms. The largest absolute Gasteiger partial charge is 0.464 e. The molecule has 0 spiro atoms. The van der Waals surface area contributed by atoms with Crippen LogP contribution in [-0.2, 0) is 17.9 Å². The summed E-state index contributed by atoms with van der Waals surface area (Å²) >= 11 is 0. The third kappa shape index (κ3) is 3.58. The highest BCUT2D eigenvalue weighted by Crippen LogP contribution is 2.23. The average Bonchev–Trinajstić information content (AvgIpc) is 2.93. The van der Waals surface area contributed by atoms with Gasteiger partial charge in [-0.25, -0.2) is 0 Å². The fraction of sp³-hybridized carbons (Fsp3) is 0.714. The second-order valence-corrected chi connectivity index (χ2v) is 4.79. The first-order valence-electron chi connectivity index (χ1n) is 6.70. The molecule has 0 amide bonds. The van der Waals surface area contributed by atoms with Gasteiger partial charge < -0.3 is 14.5 Å². The van der Waals surface area contributed by atoms with E-state index in [1.54, 1.807) is 0 Å². The summed E-state index contributed by atoms with van der Waals surface area (Å²) in [6.07, 6.45) is 5.51. The van der Waals surface area contributed by atoms with E-state index in [4.69, 9.17) is 9.15 Å². The van der Waals surface area contributed by atoms with E-state index in [1.165, 1.54) is 31.2 Å². The van der Waals surface area contributed by atoms with E-state index in [9.17, 15) is 0 Å². The van der Waals surface area contributed by atoms with Crippen LogP contribution in [0.3, 0.4) is 0 Å². The van der Waals surface area contributed by atoms with E-state index >= 15 is 0 Å². The third-order valence-electron chi connectivity index (χ3n) is 3.40. The van der Waals surface area contributed by atoms with Crippen molar-refractivity contribution in [2.24, 2.45) is 0 Å². The van der Waals surface area contributed by atoms with Crippen molar-refractivity contribution >= 4 is 0 Å². The number of ether oxygens (including phenoxy) is 1. The molecule has 3 heteroatoms. The van der Waals surface area contributed by atoms with Crippen molar-refractivity contribution in [2.45, 2.75) is 58.8 Å². The van der Waals surface area contributed by atoms with Gasteiger partial charge in [0.1, 0.15) is 18.1 Å². The molecule has 0 saturated heterocycles. The van der Waals surface area contributed by atoms with E-state index in [1.807, 2.05) is 6.92 Å². The van der Waals surface area contributed by atoms with Gasteiger partial charge in [0, 0.05) is 12.1 Å². The molecule has 1 aromatic heterocycles. The summed E-state index contributed by atoms with van der Waals surface area (Å²) in [5.74, 6) is 1.97. The Morgan fingerprint density at radius 3 is 2.88 bits per heavy atom. The molecule has 96 valence electrons. The smallest absolute Gasteiger partial charge is 0.130 e. The summed E-state index contributed by atoms with van der Waals surface area (Å²) in [7, 11) is 0. The monoisotopic (exact) mass is 237 g/mol. The second kappa shape index (κ2) is 6.22. The molecule has 0 bridgehead atoms. The molecule has 0 radical (unpaired) electrons. The first-order valence-corrected chi connectivity index (χ1v) is 6.70. The molecule has 0 aromatic carbocycles.